The average Bonchev–Trinajstić information content (AvgIpc) is 2.40. The highest BCUT2D eigenvalue weighted by Crippen LogP contribution is 2.26. The maximum Gasteiger partial charge on any atom is 0.137 e. The van der Waals surface area contributed by atoms with Gasteiger partial charge in [-0.05, 0) is 25.7 Å². The Bertz CT molecular complexity index is 465. The van der Waals surface area contributed by atoms with Crippen LogP contribution in [0.15, 0.2) is 0 Å². The SMILES string of the molecule is Cc1c(Cl)nc(C(C)(C)C)nc1NCC1CCOCC1. The van der Waals surface area contributed by atoms with E-state index >= 15 is 0 Å². The highest BCUT2D eigenvalue weighted by molar-refractivity contribution is 6.30. The van der Waals surface area contributed by atoms with E-state index in [2.05, 4.69) is 36.1 Å². The molecule has 5 heteroatoms. The summed E-state index contributed by atoms with van der Waals surface area (Å²) in [6.45, 7) is 10.9. The van der Waals surface area contributed by atoms with Crippen molar-refractivity contribution < 1.29 is 4.74 Å². The van der Waals surface area contributed by atoms with Crippen molar-refractivity contribution in [3.63, 3.8) is 0 Å². The van der Waals surface area contributed by atoms with Gasteiger partial charge in [-0.2, -0.15) is 0 Å². The number of anilines is 1. The molecule has 1 aromatic heterocycles. The zero-order valence-corrected chi connectivity index (χ0v) is 13.5. The zero-order valence-electron chi connectivity index (χ0n) is 12.8. The zero-order chi connectivity index (χ0) is 14.8. The van der Waals surface area contributed by atoms with Crippen molar-refractivity contribution >= 4 is 17.4 Å². The van der Waals surface area contributed by atoms with E-state index < -0.39 is 0 Å². The summed E-state index contributed by atoms with van der Waals surface area (Å²) in [6.07, 6.45) is 2.22. The predicted molar refractivity (Wildman–Crippen MR) is 82.5 cm³/mol. The molecule has 1 saturated heterocycles. The van der Waals surface area contributed by atoms with Gasteiger partial charge in [0.15, 0.2) is 0 Å². The number of nitrogens with zero attached hydrogens (tertiary/aromatic N) is 2. The highest BCUT2D eigenvalue weighted by atomic mass is 35.5. The topological polar surface area (TPSA) is 47.0 Å². The Labute approximate surface area is 126 Å². The summed E-state index contributed by atoms with van der Waals surface area (Å²) in [5.41, 5.74) is 0.818. The number of nitrogens with one attached hydrogen (secondary N) is 1. The maximum atomic E-state index is 6.24. The molecular formula is C15H24ClN3O. The maximum absolute atomic E-state index is 6.24. The van der Waals surface area contributed by atoms with E-state index in [9.17, 15) is 0 Å². The van der Waals surface area contributed by atoms with Crippen molar-refractivity contribution in [2.24, 2.45) is 5.92 Å². The molecule has 112 valence electrons. The summed E-state index contributed by atoms with van der Waals surface area (Å²) in [5, 5.41) is 3.99. The Morgan fingerprint density at radius 1 is 1.25 bits per heavy atom. The van der Waals surface area contributed by atoms with Crippen molar-refractivity contribution in [2.75, 3.05) is 25.1 Å². The van der Waals surface area contributed by atoms with E-state index in [1.807, 2.05) is 6.92 Å². The van der Waals surface area contributed by atoms with E-state index in [0.717, 1.165) is 49.8 Å². The third-order valence-electron chi connectivity index (χ3n) is 3.66. The fourth-order valence-corrected chi connectivity index (χ4v) is 2.36. The molecule has 0 bridgehead atoms. The van der Waals surface area contributed by atoms with Crippen LogP contribution in [-0.4, -0.2) is 29.7 Å². The fourth-order valence-electron chi connectivity index (χ4n) is 2.19. The van der Waals surface area contributed by atoms with Gasteiger partial charge in [-0.25, -0.2) is 9.97 Å². The second-order valence-electron chi connectivity index (χ2n) is 6.50. The van der Waals surface area contributed by atoms with Gasteiger partial charge in [-0.15, -0.1) is 0 Å². The van der Waals surface area contributed by atoms with Crippen LogP contribution in [0, 0.1) is 12.8 Å². The van der Waals surface area contributed by atoms with Crippen molar-refractivity contribution in [1.29, 1.82) is 0 Å². The van der Waals surface area contributed by atoms with Gasteiger partial charge in [-0.1, -0.05) is 32.4 Å². The lowest BCUT2D eigenvalue weighted by atomic mass is 9.95. The van der Waals surface area contributed by atoms with E-state index in [0.29, 0.717) is 11.1 Å². The molecule has 0 saturated carbocycles. The van der Waals surface area contributed by atoms with E-state index in [1.165, 1.54) is 0 Å². The van der Waals surface area contributed by atoms with Gasteiger partial charge in [0.1, 0.15) is 16.8 Å². The number of hydrogen-bond donors (Lipinski definition) is 1. The molecule has 0 spiro atoms. The molecule has 0 aliphatic carbocycles. The van der Waals surface area contributed by atoms with Crippen LogP contribution in [0.25, 0.3) is 0 Å². The fraction of sp³-hybridized carbons (Fsp3) is 0.733. The minimum Gasteiger partial charge on any atom is -0.381 e. The second-order valence-corrected chi connectivity index (χ2v) is 6.86. The second kappa shape index (κ2) is 6.27. The first-order valence-corrected chi connectivity index (χ1v) is 7.62. The van der Waals surface area contributed by atoms with Gasteiger partial charge >= 0.3 is 0 Å². The number of hydrogen-bond acceptors (Lipinski definition) is 4. The largest absolute Gasteiger partial charge is 0.381 e. The molecule has 1 N–H and O–H groups in total. The van der Waals surface area contributed by atoms with Crippen LogP contribution >= 0.6 is 11.6 Å². The van der Waals surface area contributed by atoms with Crippen LogP contribution in [0.3, 0.4) is 0 Å². The highest BCUT2D eigenvalue weighted by Gasteiger charge is 2.21. The third kappa shape index (κ3) is 3.83. The molecule has 4 nitrogen and oxygen atoms in total. The Hall–Kier alpha value is -0.870. The van der Waals surface area contributed by atoms with Gasteiger partial charge in [0.25, 0.3) is 0 Å². The molecular weight excluding hydrogens is 274 g/mol. The Morgan fingerprint density at radius 3 is 2.50 bits per heavy atom. The molecule has 0 aromatic carbocycles. The summed E-state index contributed by atoms with van der Waals surface area (Å²) in [5.74, 6) is 2.29. The summed E-state index contributed by atoms with van der Waals surface area (Å²) in [6, 6.07) is 0. The Morgan fingerprint density at radius 2 is 1.90 bits per heavy atom. The van der Waals surface area contributed by atoms with Crippen molar-refractivity contribution in [3.8, 4) is 0 Å². The molecule has 0 radical (unpaired) electrons. The number of rotatable bonds is 3. The summed E-state index contributed by atoms with van der Waals surface area (Å²) in [4.78, 5) is 9.04. The third-order valence-corrected chi connectivity index (χ3v) is 4.02. The first-order valence-electron chi connectivity index (χ1n) is 7.24. The Kier molecular flexibility index (Phi) is 4.86. The van der Waals surface area contributed by atoms with E-state index in [-0.39, 0.29) is 5.41 Å². The number of halogens is 1. The van der Waals surface area contributed by atoms with Crippen LogP contribution in [0.1, 0.15) is 45.0 Å². The normalized spacial score (nSPS) is 17.2. The lowest BCUT2D eigenvalue weighted by molar-refractivity contribution is 0.0699. The minimum atomic E-state index is -0.105. The van der Waals surface area contributed by atoms with E-state index in [4.69, 9.17) is 16.3 Å². The molecule has 1 aromatic rings. The van der Waals surface area contributed by atoms with Crippen molar-refractivity contribution in [1.82, 2.24) is 9.97 Å². The molecule has 1 aliphatic heterocycles. The quantitative estimate of drug-likeness (QED) is 0.866. The molecule has 20 heavy (non-hydrogen) atoms. The molecule has 1 aliphatic rings. The predicted octanol–water partition coefficient (Wildman–Crippen LogP) is 3.57. The standard InChI is InChI=1S/C15H24ClN3O/c1-10-12(16)18-14(15(2,3)4)19-13(10)17-9-11-5-7-20-8-6-11/h11H,5-9H2,1-4H3,(H,17,18,19). The summed E-state index contributed by atoms with van der Waals surface area (Å²) in [7, 11) is 0. The van der Waals surface area contributed by atoms with Crippen LogP contribution in [0.5, 0.6) is 0 Å². The Balaban J connectivity index is 2.11. The van der Waals surface area contributed by atoms with Crippen LogP contribution in [0.2, 0.25) is 5.15 Å². The smallest absolute Gasteiger partial charge is 0.137 e. The van der Waals surface area contributed by atoms with E-state index in [1.54, 1.807) is 0 Å². The molecule has 2 heterocycles. The monoisotopic (exact) mass is 297 g/mol. The molecule has 0 unspecified atom stereocenters. The van der Waals surface area contributed by atoms with Gasteiger partial charge in [0, 0.05) is 30.7 Å². The van der Waals surface area contributed by atoms with Crippen LogP contribution in [-0.2, 0) is 10.2 Å². The first-order chi connectivity index (χ1) is 9.38. The van der Waals surface area contributed by atoms with Gasteiger partial charge in [0.05, 0.1) is 0 Å². The lowest BCUT2D eigenvalue weighted by Crippen LogP contribution is -2.24. The van der Waals surface area contributed by atoms with Crippen molar-refractivity contribution in [2.45, 2.75) is 46.0 Å². The number of ether oxygens (including phenoxy) is 1. The van der Waals surface area contributed by atoms with Gasteiger partial charge < -0.3 is 10.1 Å². The van der Waals surface area contributed by atoms with Crippen LogP contribution < -0.4 is 5.32 Å². The first kappa shape index (κ1) is 15.5. The molecule has 1 fully saturated rings. The lowest BCUT2D eigenvalue weighted by Gasteiger charge is -2.24. The summed E-state index contributed by atoms with van der Waals surface area (Å²) >= 11 is 6.24. The van der Waals surface area contributed by atoms with Crippen molar-refractivity contribution in [3.05, 3.63) is 16.5 Å². The summed E-state index contributed by atoms with van der Waals surface area (Å²) < 4.78 is 5.38. The molecule has 0 atom stereocenters. The van der Waals surface area contributed by atoms with Gasteiger partial charge in [-0.3, -0.25) is 0 Å². The average molecular weight is 298 g/mol. The van der Waals surface area contributed by atoms with Crippen LogP contribution in [0.4, 0.5) is 5.82 Å². The number of aromatic nitrogens is 2. The molecule has 2 rings (SSSR count). The molecule has 0 amide bonds. The van der Waals surface area contributed by atoms with Gasteiger partial charge in [0.2, 0.25) is 0 Å². The minimum absolute atomic E-state index is 0.105.